The molecule has 1 amide bonds. The van der Waals surface area contributed by atoms with E-state index in [9.17, 15) is 9.18 Å². The fourth-order valence-electron chi connectivity index (χ4n) is 2.41. The molecule has 0 spiro atoms. The Balaban J connectivity index is 0.00000210. The molecule has 6 nitrogen and oxygen atoms in total. The van der Waals surface area contributed by atoms with Crippen LogP contribution in [0.25, 0.3) is 11.3 Å². The summed E-state index contributed by atoms with van der Waals surface area (Å²) in [4.78, 5) is 19.9. The Kier molecular flexibility index (Phi) is 9.89. The van der Waals surface area contributed by atoms with E-state index < -0.39 is 32.5 Å². The fourth-order valence-corrected chi connectivity index (χ4v) is 3.45. The van der Waals surface area contributed by atoms with Gasteiger partial charge in [-0.1, -0.05) is 13.6 Å². The van der Waals surface area contributed by atoms with Crippen LogP contribution in [0.15, 0.2) is 42.7 Å². The van der Waals surface area contributed by atoms with E-state index in [4.69, 9.17) is 10.5 Å². The molecule has 3 N–H and O–H groups in total. The normalized spacial score (nSPS) is 9.72. The Morgan fingerprint density at radius 2 is 2.03 bits per heavy atom. The molecule has 0 bridgehead atoms. The largest absolute Gasteiger partial charge is 3.00 e. The molecule has 0 aliphatic carbocycles. The summed E-state index contributed by atoms with van der Waals surface area (Å²) >= 11 is -0.517. The van der Waals surface area contributed by atoms with Crippen molar-refractivity contribution >= 4 is 42.7 Å². The zero-order valence-corrected chi connectivity index (χ0v) is 22.1. The SMILES string of the molecule is C=Ic1[c-]c(C(N)=O)cc(Nc2cc(-c3ccc(F)cc3OC)ncn2)c1.[CH3-].[U+3]. The minimum atomic E-state index is -0.559. The van der Waals surface area contributed by atoms with Gasteiger partial charge in [-0.2, -0.15) is 0 Å². The van der Waals surface area contributed by atoms with E-state index >= 15 is 0 Å². The summed E-state index contributed by atoms with van der Waals surface area (Å²) < 4.78 is 23.4. The second-order valence-corrected chi connectivity index (χ2v) is 7.31. The Morgan fingerprint density at radius 1 is 1.28 bits per heavy atom. The molecule has 2 aromatic carbocycles. The minimum Gasteiger partial charge on any atom is -0.496 e. The first-order chi connectivity index (χ1) is 13.0. The summed E-state index contributed by atoms with van der Waals surface area (Å²) in [5.74, 6) is -0.0846. The minimum absolute atomic E-state index is 0. The van der Waals surface area contributed by atoms with Gasteiger partial charge in [-0.3, -0.25) is 0 Å². The average molecular weight is 730 g/mol. The third kappa shape index (κ3) is 6.32. The molecule has 1 aromatic heterocycles. The van der Waals surface area contributed by atoms with Crippen molar-refractivity contribution < 1.29 is 45.0 Å². The standard InChI is InChI=1S/C19H15FIN4O2.CH3.U/c1-21-13-5-11(19(22)26)6-14(8-13)25-18-9-16(23-10-24-18)15-4-3-12(20)7-17(15)27-2;;/h3-4,6-10H,1H2,2H3,(H2,22,26)(H,23,24,25);1H3;/q2*-1;+3. The summed E-state index contributed by atoms with van der Waals surface area (Å²) in [5, 5.41) is 3.13. The number of ether oxygens (including phenoxy) is 1. The number of nitrogens with two attached hydrogens (primary N) is 1. The van der Waals surface area contributed by atoms with Gasteiger partial charge in [0.2, 0.25) is 0 Å². The Morgan fingerprint density at radius 3 is 2.69 bits per heavy atom. The van der Waals surface area contributed by atoms with Gasteiger partial charge >= 0.3 is 31.1 Å². The number of benzene rings is 2. The summed E-state index contributed by atoms with van der Waals surface area (Å²) in [5.41, 5.74) is 7.50. The van der Waals surface area contributed by atoms with Crippen LogP contribution in [0.4, 0.5) is 15.9 Å². The van der Waals surface area contributed by atoms with Crippen molar-refractivity contribution in [2.24, 2.45) is 5.73 Å². The molecular weight excluding hydrogens is 712 g/mol. The number of carbonyl (C=O) groups excluding carboxylic acids is 1. The van der Waals surface area contributed by atoms with Crippen LogP contribution in [0.3, 0.4) is 0 Å². The van der Waals surface area contributed by atoms with Crippen molar-refractivity contribution in [3.05, 3.63) is 71.2 Å². The van der Waals surface area contributed by atoms with E-state index in [-0.39, 0.29) is 44.1 Å². The van der Waals surface area contributed by atoms with Crippen molar-refractivity contribution in [1.82, 2.24) is 9.97 Å². The first-order valence-corrected chi connectivity index (χ1v) is 10.3. The molecule has 29 heavy (non-hydrogen) atoms. The Labute approximate surface area is 202 Å². The van der Waals surface area contributed by atoms with Gasteiger partial charge in [0, 0.05) is 17.7 Å². The van der Waals surface area contributed by atoms with Crippen molar-refractivity contribution in [2.45, 2.75) is 0 Å². The van der Waals surface area contributed by atoms with E-state index in [0.717, 1.165) is 3.57 Å². The summed E-state index contributed by atoms with van der Waals surface area (Å²) in [6.45, 7) is 0. The van der Waals surface area contributed by atoms with Crippen molar-refractivity contribution in [3.63, 3.8) is 0 Å². The van der Waals surface area contributed by atoms with Gasteiger partial charge in [-0.15, -0.1) is 38.9 Å². The van der Waals surface area contributed by atoms with Crippen LogP contribution in [-0.2, 0) is 0 Å². The van der Waals surface area contributed by atoms with E-state index in [0.29, 0.717) is 28.5 Å². The molecule has 0 atom stereocenters. The molecule has 0 aliphatic rings. The topological polar surface area (TPSA) is 90.1 Å². The van der Waals surface area contributed by atoms with E-state index in [2.05, 4.69) is 25.9 Å². The monoisotopic (exact) mass is 730 g/mol. The number of halogens is 2. The third-order valence-electron chi connectivity index (χ3n) is 3.62. The second-order valence-electron chi connectivity index (χ2n) is 5.39. The first-order valence-electron chi connectivity index (χ1n) is 7.68. The van der Waals surface area contributed by atoms with Crippen molar-refractivity contribution in [3.8, 4) is 17.0 Å². The van der Waals surface area contributed by atoms with Crippen LogP contribution >= 0.6 is 20.7 Å². The van der Waals surface area contributed by atoms with Crippen molar-refractivity contribution in [2.75, 3.05) is 12.4 Å². The number of hydrogen-bond acceptors (Lipinski definition) is 5. The van der Waals surface area contributed by atoms with Gasteiger partial charge in [0.25, 0.3) is 0 Å². The average Bonchev–Trinajstić information content (AvgIpc) is 2.67. The summed E-state index contributed by atoms with van der Waals surface area (Å²) in [6, 6.07) is 12.3. The van der Waals surface area contributed by atoms with Crippen LogP contribution < -0.4 is 15.8 Å². The number of nitrogens with one attached hydrogen (secondary N) is 1. The zero-order valence-electron chi connectivity index (χ0n) is 15.8. The number of primary amides is 1. The predicted octanol–water partition coefficient (Wildman–Crippen LogP) is 3.96. The number of amides is 1. The van der Waals surface area contributed by atoms with Crippen LogP contribution in [0.5, 0.6) is 5.75 Å². The molecule has 1 heterocycles. The quantitative estimate of drug-likeness (QED) is 0.297. The molecule has 1 radical (unpaired) electrons. The van der Waals surface area contributed by atoms with Crippen LogP contribution in [0, 0.1) is 54.0 Å². The molecule has 0 saturated carbocycles. The maximum Gasteiger partial charge on any atom is 3.00 e. The molecule has 0 unspecified atom stereocenters. The van der Waals surface area contributed by atoms with Gasteiger partial charge in [-0.05, 0) is 17.8 Å². The molecule has 0 fully saturated rings. The predicted molar refractivity (Wildman–Crippen MR) is 117 cm³/mol. The number of rotatable bonds is 6. The smallest absolute Gasteiger partial charge is 0.496 e. The number of carbonyl (C=O) groups is 1. The molecule has 9 heteroatoms. The molecule has 3 rings (SSSR count). The maximum absolute atomic E-state index is 13.4. The molecular formula is C20H18FIN4O2U+. The second kappa shape index (κ2) is 11.4. The molecule has 0 saturated heterocycles. The van der Waals surface area contributed by atoms with Crippen molar-refractivity contribution in [1.29, 1.82) is 0 Å². The maximum atomic E-state index is 13.4. The Hall–Kier alpha value is -1.83. The van der Waals surface area contributed by atoms with E-state index in [1.165, 1.54) is 25.6 Å². The van der Waals surface area contributed by atoms with Gasteiger partial charge < -0.3 is 28.0 Å². The third-order valence-corrected chi connectivity index (χ3v) is 5.03. The molecule has 3 aromatic rings. The molecule has 0 aliphatic heterocycles. The number of nitrogens with zero attached hydrogens (tertiary/aromatic N) is 2. The zero-order chi connectivity index (χ0) is 19.4. The van der Waals surface area contributed by atoms with Crippen LogP contribution in [-0.4, -0.2) is 27.5 Å². The first kappa shape index (κ1) is 25.2. The van der Waals surface area contributed by atoms with Gasteiger partial charge in [0.05, 0.1) is 12.8 Å². The molecule has 147 valence electrons. The van der Waals surface area contributed by atoms with E-state index in [1.54, 1.807) is 18.2 Å². The van der Waals surface area contributed by atoms with Gasteiger partial charge in [0.15, 0.2) is 5.91 Å². The summed E-state index contributed by atoms with van der Waals surface area (Å²) in [7, 11) is 1.47. The number of hydrogen-bond donors (Lipinski definition) is 2. The van der Waals surface area contributed by atoms with Gasteiger partial charge in [-0.25, -0.2) is 14.4 Å². The summed E-state index contributed by atoms with van der Waals surface area (Å²) in [6.07, 6.45) is 1.39. The van der Waals surface area contributed by atoms with Gasteiger partial charge in [0.1, 0.15) is 23.7 Å². The number of methoxy groups -OCH3 is 1. The van der Waals surface area contributed by atoms with Crippen LogP contribution in [0.2, 0.25) is 0 Å². The Bertz CT molecular complexity index is 1030. The number of anilines is 2. The van der Waals surface area contributed by atoms with E-state index in [1.807, 2.05) is 6.07 Å². The fraction of sp³-hybridized carbons (Fsp3) is 0.0500. The number of aromatic nitrogens is 2. The van der Waals surface area contributed by atoms with Crippen LogP contribution in [0.1, 0.15) is 10.4 Å².